The Balaban J connectivity index is 0.00000361. The van der Waals surface area contributed by atoms with Crippen LogP contribution in [0.1, 0.15) is 52.9 Å². The van der Waals surface area contributed by atoms with Crippen molar-refractivity contribution >= 4 is 29.9 Å². The summed E-state index contributed by atoms with van der Waals surface area (Å²) >= 11 is 0. The van der Waals surface area contributed by atoms with E-state index in [0.29, 0.717) is 17.3 Å². The van der Waals surface area contributed by atoms with Gasteiger partial charge in [-0.25, -0.2) is 0 Å². The highest BCUT2D eigenvalue weighted by Crippen LogP contribution is 2.41. The van der Waals surface area contributed by atoms with Crippen LogP contribution in [0.4, 0.5) is 0 Å². The highest BCUT2D eigenvalue weighted by molar-refractivity contribution is 14.0. The van der Waals surface area contributed by atoms with Gasteiger partial charge in [-0.15, -0.1) is 24.0 Å². The third-order valence-corrected chi connectivity index (χ3v) is 3.92. The number of guanidine groups is 1. The molecule has 0 radical (unpaired) electrons. The van der Waals surface area contributed by atoms with Gasteiger partial charge in [0.25, 0.3) is 0 Å². The third kappa shape index (κ3) is 7.67. The van der Waals surface area contributed by atoms with Gasteiger partial charge in [0.2, 0.25) is 0 Å². The Morgan fingerprint density at radius 1 is 1.35 bits per heavy atom. The minimum atomic E-state index is 0. The fraction of sp³-hybridized carbons (Fsp3) is 0.933. The van der Waals surface area contributed by atoms with Gasteiger partial charge in [0.15, 0.2) is 5.96 Å². The van der Waals surface area contributed by atoms with Gasteiger partial charge in [0.05, 0.1) is 0 Å². The molecule has 0 saturated heterocycles. The lowest BCUT2D eigenvalue weighted by Gasteiger charge is -2.27. The number of halogens is 1. The van der Waals surface area contributed by atoms with Gasteiger partial charge in [0, 0.05) is 26.3 Å². The molecule has 5 heteroatoms. The summed E-state index contributed by atoms with van der Waals surface area (Å²) in [7, 11) is 0. The molecule has 1 saturated carbocycles. The van der Waals surface area contributed by atoms with Gasteiger partial charge in [-0.3, -0.25) is 4.99 Å². The van der Waals surface area contributed by atoms with Gasteiger partial charge in [-0.2, -0.15) is 0 Å². The second-order valence-electron chi connectivity index (χ2n) is 6.13. The number of nitrogens with zero attached hydrogens (tertiary/aromatic N) is 1. The lowest BCUT2D eigenvalue weighted by atomic mass is 9.83. The van der Waals surface area contributed by atoms with Crippen LogP contribution in [0.3, 0.4) is 0 Å². The van der Waals surface area contributed by atoms with Crippen molar-refractivity contribution in [3.63, 3.8) is 0 Å². The first-order chi connectivity index (χ1) is 9.08. The maximum absolute atomic E-state index is 5.92. The van der Waals surface area contributed by atoms with E-state index in [9.17, 15) is 0 Å². The molecule has 20 heavy (non-hydrogen) atoms. The van der Waals surface area contributed by atoms with E-state index in [-0.39, 0.29) is 24.0 Å². The van der Waals surface area contributed by atoms with Crippen molar-refractivity contribution in [2.45, 2.75) is 52.9 Å². The zero-order valence-electron chi connectivity index (χ0n) is 13.3. The fourth-order valence-electron chi connectivity index (χ4n) is 2.66. The molecule has 4 nitrogen and oxygen atoms in total. The number of nitrogens with two attached hydrogens (primary N) is 1. The lowest BCUT2D eigenvalue weighted by Crippen LogP contribution is -2.35. The Bertz CT molecular complexity index is 276. The van der Waals surface area contributed by atoms with Crippen molar-refractivity contribution in [2.75, 3.05) is 26.3 Å². The van der Waals surface area contributed by atoms with Crippen LogP contribution in [0, 0.1) is 11.3 Å². The molecule has 0 aromatic rings. The first-order valence-electron chi connectivity index (χ1n) is 7.69. The standard InChI is InChI=1S/C15H31N3O.HI/c1-4-19-10-9-15(7-5-6-8-15)12-18-14(16)17-11-13(2)3;/h13H,4-12H2,1-3H3,(H3,16,17,18);1H. The molecule has 0 aromatic carbocycles. The van der Waals surface area contributed by atoms with Crippen LogP contribution >= 0.6 is 24.0 Å². The van der Waals surface area contributed by atoms with Crippen LogP contribution < -0.4 is 11.1 Å². The van der Waals surface area contributed by atoms with Crippen molar-refractivity contribution in [1.29, 1.82) is 0 Å². The normalized spacial score (nSPS) is 18.1. The number of rotatable bonds is 8. The van der Waals surface area contributed by atoms with Crippen molar-refractivity contribution in [3.05, 3.63) is 0 Å². The van der Waals surface area contributed by atoms with E-state index in [1.807, 2.05) is 6.92 Å². The molecule has 1 aliphatic rings. The van der Waals surface area contributed by atoms with Crippen molar-refractivity contribution in [3.8, 4) is 0 Å². The van der Waals surface area contributed by atoms with E-state index in [4.69, 9.17) is 10.5 Å². The molecule has 0 atom stereocenters. The quantitative estimate of drug-likeness (QED) is 0.286. The van der Waals surface area contributed by atoms with Gasteiger partial charge in [0.1, 0.15) is 0 Å². The van der Waals surface area contributed by atoms with Gasteiger partial charge in [-0.1, -0.05) is 26.7 Å². The Labute approximate surface area is 141 Å². The third-order valence-electron chi connectivity index (χ3n) is 3.92. The summed E-state index contributed by atoms with van der Waals surface area (Å²) in [5, 5.41) is 3.19. The second-order valence-corrected chi connectivity index (χ2v) is 6.13. The zero-order chi connectivity index (χ0) is 14.1. The van der Waals surface area contributed by atoms with E-state index < -0.39 is 0 Å². The molecule has 0 spiro atoms. The molecule has 0 heterocycles. The highest BCUT2D eigenvalue weighted by atomic mass is 127. The average Bonchev–Trinajstić information content (AvgIpc) is 2.83. The Morgan fingerprint density at radius 3 is 2.55 bits per heavy atom. The largest absolute Gasteiger partial charge is 0.382 e. The van der Waals surface area contributed by atoms with Crippen LogP contribution in [-0.4, -0.2) is 32.3 Å². The molecule has 0 unspecified atom stereocenters. The monoisotopic (exact) mass is 397 g/mol. The number of hydrogen-bond acceptors (Lipinski definition) is 2. The molecule has 1 fully saturated rings. The van der Waals surface area contributed by atoms with Crippen LogP contribution in [-0.2, 0) is 4.74 Å². The minimum Gasteiger partial charge on any atom is -0.382 e. The summed E-state index contributed by atoms with van der Waals surface area (Å²) in [5.41, 5.74) is 6.25. The summed E-state index contributed by atoms with van der Waals surface area (Å²) in [6.07, 6.45) is 6.28. The molecule has 1 rings (SSSR count). The maximum atomic E-state index is 5.92. The number of aliphatic imine (C=N–C) groups is 1. The second kappa shape index (κ2) is 10.7. The SMILES string of the molecule is CCOCCC1(CN=C(N)NCC(C)C)CCCC1.I. The lowest BCUT2D eigenvalue weighted by molar-refractivity contribution is 0.107. The number of hydrogen-bond donors (Lipinski definition) is 2. The minimum absolute atomic E-state index is 0. The first kappa shape index (κ1) is 20.0. The van der Waals surface area contributed by atoms with Crippen molar-refractivity contribution in [2.24, 2.45) is 22.1 Å². The summed E-state index contributed by atoms with van der Waals surface area (Å²) < 4.78 is 5.51. The predicted molar refractivity (Wildman–Crippen MR) is 96.8 cm³/mol. The van der Waals surface area contributed by atoms with Gasteiger partial charge >= 0.3 is 0 Å². The van der Waals surface area contributed by atoms with Crippen LogP contribution in [0.15, 0.2) is 4.99 Å². The van der Waals surface area contributed by atoms with Gasteiger partial charge < -0.3 is 15.8 Å². The molecule has 0 aromatic heterocycles. The number of nitrogens with one attached hydrogen (secondary N) is 1. The van der Waals surface area contributed by atoms with E-state index in [1.165, 1.54) is 25.7 Å². The summed E-state index contributed by atoms with van der Waals surface area (Å²) in [6, 6.07) is 0. The first-order valence-corrected chi connectivity index (χ1v) is 7.69. The van der Waals surface area contributed by atoms with Crippen molar-refractivity contribution < 1.29 is 4.74 Å². The topological polar surface area (TPSA) is 59.6 Å². The van der Waals surface area contributed by atoms with Crippen molar-refractivity contribution in [1.82, 2.24) is 5.32 Å². The van der Waals surface area contributed by atoms with Crippen LogP contribution in [0.5, 0.6) is 0 Å². The molecule has 1 aliphatic carbocycles. The van der Waals surface area contributed by atoms with E-state index in [0.717, 1.165) is 32.7 Å². The number of ether oxygens (including phenoxy) is 1. The highest BCUT2D eigenvalue weighted by Gasteiger charge is 2.33. The Kier molecular flexibility index (Phi) is 10.6. The van der Waals surface area contributed by atoms with E-state index >= 15 is 0 Å². The Morgan fingerprint density at radius 2 is 2.00 bits per heavy atom. The Hall–Kier alpha value is -0.0400. The molecular weight excluding hydrogens is 365 g/mol. The molecular formula is C15H32IN3O. The van der Waals surface area contributed by atoms with E-state index in [2.05, 4.69) is 24.2 Å². The summed E-state index contributed by atoms with van der Waals surface area (Å²) in [6.45, 7) is 9.77. The van der Waals surface area contributed by atoms with Gasteiger partial charge in [-0.05, 0) is 37.5 Å². The molecule has 120 valence electrons. The summed E-state index contributed by atoms with van der Waals surface area (Å²) in [5.74, 6) is 1.18. The maximum Gasteiger partial charge on any atom is 0.188 e. The molecule has 0 aliphatic heterocycles. The molecule has 0 bridgehead atoms. The van der Waals surface area contributed by atoms with E-state index in [1.54, 1.807) is 0 Å². The van der Waals surface area contributed by atoms with Crippen LogP contribution in [0.2, 0.25) is 0 Å². The molecule has 3 N–H and O–H groups in total. The zero-order valence-corrected chi connectivity index (χ0v) is 15.6. The average molecular weight is 397 g/mol. The fourth-order valence-corrected chi connectivity index (χ4v) is 2.66. The molecule has 0 amide bonds. The smallest absolute Gasteiger partial charge is 0.188 e. The van der Waals surface area contributed by atoms with Crippen LogP contribution in [0.25, 0.3) is 0 Å². The summed E-state index contributed by atoms with van der Waals surface area (Å²) in [4.78, 5) is 4.56. The predicted octanol–water partition coefficient (Wildman–Crippen LogP) is 3.15.